The van der Waals surface area contributed by atoms with Crippen LogP contribution in [0.2, 0.25) is 0 Å². The van der Waals surface area contributed by atoms with Crippen LogP contribution in [0.3, 0.4) is 0 Å². The molecule has 0 spiro atoms. The van der Waals surface area contributed by atoms with E-state index in [1.165, 1.54) is 18.2 Å². The first-order valence-electron chi connectivity index (χ1n) is 7.65. The van der Waals surface area contributed by atoms with Crippen molar-refractivity contribution in [2.75, 3.05) is 0 Å². The Bertz CT molecular complexity index is 806. The van der Waals surface area contributed by atoms with E-state index < -0.39 is 12.6 Å². The maximum Gasteiger partial charge on any atom is 0.387 e. The van der Waals surface area contributed by atoms with Gasteiger partial charge in [0.15, 0.2) is 0 Å². The average Bonchev–Trinajstić information content (AvgIpc) is 3.04. The highest BCUT2D eigenvalue weighted by Gasteiger charge is 2.24. The minimum atomic E-state index is -2.88. The summed E-state index contributed by atoms with van der Waals surface area (Å²) in [6.07, 6.45) is 2.26. The molecular formula is C17H15F2NO4S. The molecule has 8 heteroatoms. The number of carbonyl (C=O) groups is 2. The molecule has 2 N–H and O–H groups in total. The van der Waals surface area contributed by atoms with Gasteiger partial charge in [-0.3, -0.25) is 4.79 Å². The molecule has 1 unspecified atom stereocenters. The van der Waals surface area contributed by atoms with Gasteiger partial charge in [-0.05, 0) is 54.7 Å². The zero-order valence-electron chi connectivity index (χ0n) is 13.0. The van der Waals surface area contributed by atoms with Crippen LogP contribution in [0, 0.1) is 0 Å². The lowest BCUT2D eigenvalue weighted by molar-refractivity contribution is -0.0499. The van der Waals surface area contributed by atoms with Gasteiger partial charge in [-0.2, -0.15) is 8.78 Å². The number of aryl methyl sites for hydroxylation is 1. The molecule has 0 aliphatic heterocycles. The van der Waals surface area contributed by atoms with Gasteiger partial charge in [-0.25, -0.2) is 4.79 Å². The molecule has 5 nitrogen and oxygen atoms in total. The highest BCUT2D eigenvalue weighted by molar-refractivity contribution is 7.15. The number of nitrogens with one attached hydrogen (secondary N) is 1. The maximum atomic E-state index is 12.4. The van der Waals surface area contributed by atoms with E-state index in [4.69, 9.17) is 5.11 Å². The molecule has 25 heavy (non-hydrogen) atoms. The molecule has 1 heterocycles. The summed E-state index contributed by atoms with van der Waals surface area (Å²) >= 11 is 0.913. The monoisotopic (exact) mass is 367 g/mol. The number of hydrogen-bond acceptors (Lipinski definition) is 4. The SMILES string of the molecule is O=C(O)c1ccc(C(=O)NC2CCCc3cc(OC(F)F)ccc32)s1. The van der Waals surface area contributed by atoms with Gasteiger partial charge >= 0.3 is 12.6 Å². The van der Waals surface area contributed by atoms with Crippen LogP contribution in [0.15, 0.2) is 30.3 Å². The van der Waals surface area contributed by atoms with Crippen molar-refractivity contribution in [3.63, 3.8) is 0 Å². The van der Waals surface area contributed by atoms with Gasteiger partial charge in [-0.15, -0.1) is 11.3 Å². The lowest BCUT2D eigenvalue weighted by atomic mass is 9.87. The molecule has 1 amide bonds. The molecule has 0 fully saturated rings. The molecule has 1 aromatic carbocycles. The van der Waals surface area contributed by atoms with Crippen LogP contribution in [0.1, 0.15) is 49.4 Å². The van der Waals surface area contributed by atoms with E-state index in [1.807, 2.05) is 0 Å². The Morgan fingerprint density at radius 1 is 1.24 bits per heavy atom. The Balaban J connectivity index is 1.76. The first kappa shape index (κ1) is 17.3. The number of halogens is 2. The zero-order valence-corrected chi connectivity index (χ0v) is 13.8. The molecule has 1 aliphatic carbocycles. The maximum absolute atomic E-state index is 12.4. The molecular weight excluding hydrogens is 352 g/mol. The van der Waals surface area contributed by atoms with Crippen LogP contribution in [0.25, 0.3) is 0 Å². The van der Waals surface area contributed by atoms with E-state index in [0.29, 0.717) is 4.88 Å². The summed E-state index contributed by atoms with van der Waals surface area (Å²) in [6.45, 7) is -2.88. The fourth-order valence-corrected chi connectivity index (χ4v) is 3.67. The Morgan fingerprint density at radius 2 is 2.00 bits per heavy atom. The normalized spacial score (nSPS) is 16.4. The quantitative estimate of drug-likeness (QED) is 0.842. The molecule has 0 bridgehead atoms. The lowest BCUT2D eigenvalue weighted by Crippen LogP contribution is -2.30. The van der Waals surface area contributed by atoms with E-state index >= 15 is 0 Å². The second-order valence-corrected chi connectivity index (χ2v) is 6.71. The number of fused-ring (bicyclic) bond motifs is 1. The van der Waals surface area contributed by atoms with Gasteiger partial charge in [-0.1, -0.05) is 6.07 Å². The van der Waals surface area contributed by atoms with Gasteiger partial charge in [0.05, 0.1) is 10.9 Å². The van der Waals surface area contributed by atoms with Gasteiger partial charge in [0, 0.05) is 0 Å². The summed E-state index contributed by atoms with van der Waals surface area (Å²) in [7, 11) is 0. The van der Waals surface area contributed by atoms with Gasteiger partial charge in [0.25, 0.3) is 5.91 Å². The Kier molecular flexibility index (Phi) is 4.98. The average molecular weight is 367 g/mol. The Hall–Kier alpha value is -2.48. The number of carboxylic acid groups (broad SMARTS) is 1. The Labute approximate surface area is 146 Å². The summed E-state index contributed by atoms with van der Waals surface area (Å²) in [4.78, 5) is 23.7. The molecule has 1 atom stereocenters. The van der Waals surface area contributed by atoms with E-state index in [9.17, 15) is 18.4 Å². The highest BCUT2D eigenvalue weighted by Crippen LogP contribution is 2.33. The van der Waals surface area contributed by atoms with Gasteiger partial charge in [0.1, 0.15) is 10.6 Å². The van der Waals surface area contributed by atoms with E-state index in [-0.39, 0.29) is 22.6 Å². The van der Waals surface area contributed by atoms with Crippen LogP contribution in [0.4, 0.5) is 8.78 Å². The molecule has 0 saturated carbocycles. The highest BCUT2D eigenvalue weighted by atomic mass is 32.1. The Morgan fingerprint density at radius 3 is 2.68 bits per heavy atom. The standard InChI is InChI=1S/C17H15F2NO4S/c18-17(19)24-10-4-5-11-9(8-10)2-1-3-12(11)20-15(21)13-6-7-14(25-13)16(22)23/h4-8,12,17H,1-3H2,(H,20,21)(H,22,23). The number of carboxylic acids is 1. The predicted molar refractivity (Wildman–Crippen MR) is 87.5 cm³/mol. The number of alkyl halides is 2. The van der Waals surface area contributed by atoms with Gasteiger partial charge < -0.3 is 15.2 Å². The number of rotatable bonds is 5. The molecule has 132 valence electrons. The van der Waals surface area contributed by atoms with Crippen molar-refractivity contribution in [3.05, 3.63) is 51.2 Å². The van der Waals surface area contributed by atoms with Crippen molar-refractivity contribution in [2.45, 2.75) is 31.9 Å². The van der Waals surface area contributed by atoms with E-state index in [2.05, 4.69) is 10.1 Å². The molecule has 1 aliphatic rings. The summed E-state index contributed by atoms with van der Waals surface area (Å²) in [5.74, 6) is -1.31. The van der Waals surface area contributed by atoms with Gasteiger partial charge in [0.2, 0.25) is 0 Å². The van der Waals surface area contributed by atoms with Crippen molar-refractivity contribution in [1.82, 2.24) is 5.32 Å². The molecule has 0 radical (unpaired) electrons. The lowest BCUT2D eigenvalue weighted by Gasteiger charge is -2.26. The molecule has 1 aromatic heterocycles. The van der Waals surface area contributed by atoms with Crippen molar-refractivity contribution >= 4 is 23.2 Å². The summed E-state index contributed by atoms with van der Waals surface area (Å²) < 4.78 is 29.1. The number of aromatic carboxylic acids is 1. The van der Waals surface area contributed by atoms with Crippen LogP contribution >= 0.6 is 11.3 Å². The fourth-order valence-electron chi connectivity index (χ4n) is 2.92. The van der Waals surface area contributed by atoms with Crippen LogP contribution in [0.5, 0.6) is 5.75 Å². The van der Waals surface area contributed by atoms with E-state index in [1.54, 1.807) is 12.1 Å². The van der Waals surface area contributed by atoms with Crippen molar-refractivity contribution in [2.24, 2.45) is 0 Å². The second kappa shape index (κ2) is 7.18. The number of thiophene rings is 1. The number of carbonyl (C=O) groups excluding carboxylic acids is 1. The van der Waals surface area contributed by atoms with Crippen molar-refractivity contribution < 1.29 is 28.2 Å². The summed E-state index contributed by atoms with van der Waals surface area (Å²) in [5.41, 5.74) is 1.74. The first-order chi connectivity index (χ1) is 11.9. The molecule has 0 saturated heterocycles. The van der Waals surface area contributed by atoms with Crippen LogP contribution in [-0.2, 0) is 6.42 Å². The largest absolute Gasteiger partial charge is 0.477 e. The molecule has 3 rings (SSSR count). The zero-order chi connectivity index (χ0) is 18.0. The van der Waals surface area contributed by atoms with E-state index in [0.717, 1.165) is 41.7 Å². The first-order valence-corrected chi connectivity index (χ1v) is 8.47. The minimum absolute atomic E-state index is 0.1000. The van der Waals surface area contributed by atoms with Crippen molar-refractivity contribution in [3.8, 4) is 5.75 Å². The molecule has 2 aromatic rings. The summed E-state index contributed by atoms with van der Waals surface area (Å²) in [5, 5.41) is 11.8. The third kappa shape index (κ3) is 3.96. The predicted octanol–water partition coefficient (Wildman–Crippen LogP) is 3.86. The van der Waals surface area contributed by atoms with Crippen molar-refractivity contribution in [1.29, 1.82) is 0 Å². The summed E-state index contributed by atoms with van der Waals surface area (Å²) in [6, 6.07) is 7.36. The minimum Gasteiger partial charge on any atom is -0.477 e. The van der Waals surface area contributed by atoms with Crippen LogP contribution < -0.4 is 10.1 Å². The number of ether oxygens (including phenoxy) is 1. The second-order valence-electron chi connectivity index (χ2n) is 5.63. The number of hydrogen-bond donors (Lipinski definition) is 2. The number of amides is 1. The van der Waals surface area contributed by atoms with Crippen LogP contribution in [-0.4, -0.2) is 23.6 Å². The third-order valence-electron chi connectivity index (χ3n) is 4.00. The third-order valence-corrected chi connectivity index (χ3v) is 5.07. The fraction of sp³-hybridized carbons (Fsp3) is 0.294. The topological polar surface area (TPSA) is 75.6 Å². The smallest absolute Gasteiger partial charge is 0.387 e. The number of benzene rings is 1.